The highest BCUT2D eigenvalue weighted by molar-refractivity contribution is 5.75. The number of nitrogens with two attached hydrogens (primary N) is 1. The van der Waals surface area contributed by atoms with Crippen LogP contribution in [0.25, 0.3) is 11.3 Å². The number of rotatable bonds is 7. The fourth-order valence-electron chi connectivity index (χ4n) is 2.36. The number of carbonyl (C=O) groups is 1. The molecule has 1 aromatic carbocycles. The van der Waals surface area contributed by atoms with E-state index in [1.54, 1.807) is 20.3 Å². The molecule has 1 heterocycles. The molecule has 0 aliphatic carbocycles. The van der Waals surface area contributed by atoms with E-state index >= 15 is 0 Å². The number of hydrogen-bond donors (Lipinski definition) is 1. The van der Waals surface area contributed by atoms with E-state index in [-0.39, 0.29) is 6.42 Å². The Morgan fingerprint density at radius 2 is 1.83 bits per heavy atom. The lowest BCUT2D eigenvalue weighted by Crippen LogP contribution is -2.33. The summed E-state index contributed by atoms with van der Waals surface area (Å²) in [5, 5.41) is 0. The molecule has 6 heteroatoms. The van der Waals surface area contributed by atoms with Gasteiger partial charge in [0.15, 0.2) is 6.29 Å². The van der Waals surface area contributed by atoms with Gasteiger partial charge in [-0.2, -0.15) is 0 Å². The van der Waals surface area contributed by atoms with Gasteiger partial charge in [0.1, 0.15) is 17.6 Å². The Kier molecular flexibility index (Phi) is 5.92. The number of hydrogen-bond acceptors (Lipinski definition) is 6. The molecule has 0 saturated carbocycles. The highest BCUT2D eigenvalue weighted by atomic mass is 16.7. The van der Waals surface area contributed by atoms with E-state index in [1.165, 1.54) is 7.11 Å². The Hall–Kier alpha value is -2.15. The SMILES string of the molecule is COC(=O)C(N)Cc1ccc(-c2ccccc2C(OC)OC)o1. The van der Waals surface area contributed by atoms with Crippen LogP contribution in [-0.4, -0.2) is 33.3 Å². The molecule has 0 aliphatic rings. The van der Waals surface area contributed by atoms with Crippen LogP contribution in [0.2, 0.25) is 0 Å². The van der Waals surface area contributed by atoms with Crippen molar-refractivity contribution in [1.29, 1.82) is 0 Å². The van der Waals surface area contributed by atoms with Crippen molar-refractivity contribution in [2.75, 3.05) is 21.3 Å². The van der Waals surface area contributed by atoms with E-state index in [0.29, 0.717) is 11.5 Å². The van der Waals surface area contributed by atoms with Gasteiger partial charge in [0.05, 0.1) is 7.11 Å². The first-order valence-corrected chi connectivity index (χ1v) is 7.17. The van der Waals surface area contributed by atoms with Crippen molar-refractivity contribution in [2.24, 2.45) is 5.73 Å². The van der Waals surface area contributed by atoms with Gasteiger partial charge in [0.2, 0.25) is 0 Å². The van der Waals surface area contributed by atoms with Crippen molar-refractivity contribution in [3.8, 4) is 11.3 Å². The van der Waals surface area contributed by atoms with Gasteiger partial charge in [0.25, 0.3) is 0 Å². The molecule has 0 spiro atoms. The third kappa shape index (κ3) is 3.98. The molecule has 1 atom stereocenters. The highest BCUT2D eigenvalue weighted by Gasteiger charge is 2.19. The van der Waals surface area contributed by atoms with E-state index in [2.05, 4.69) is 4.74 Å². The number of esters is 1. The number of ether oxygens (including phenoxy) is 3. The maximum absolute atomic E-state index is 11.4. The largest absolute Gasteiger partial charge is 0.468 e. The van der Waals surface area contributed by atoms with Crippen molar-refractivity contribution in [3.63, 3.8) is 0 Å². The standard InChI is InChI=1S/C17H21NO5/c1-20-16(19)14(18)10-11-8-9-15(23-11)12-6-4-5-7-13(12)17(21-2)22-3/h4-9,14,17H,10,18H2,1-3H3. The summed E-state index contributed by atoms with van der Waals surface area (Å²) in [7, 11) is 4.46. The summed E-state index contributed by atoms with van der Waals surface area (Å²) >= 11 is 0. The fourth-order valence-corrected chi connectivity index (χ4v) is 2.36. The molecule has 0 fully saturated rings. The lowest BCUT2D eigenvalue weighted by Gasteiger charge is -2.16. The average Bonchev–Trinajstić information content (AvgIpc) is 3.04. The van der Waals surface area contributed by atoms with Crippen LogP contribution in [0.15, 0.2) is 40.8 Å². The van der Waals surface area contributed by atoms with Crippen LogP contribution in [0.4, 0.5) is 0 Å². The van der Waals surface area contributed by atoms with E-state index in [0.717, 1.165) is 11.1 Å². The maximum Gasteiger partial charge on any atom is 0.323 e. The van der Waals surface area contributed by atoms with Gasteiger partial charge in [-0.05, 0) is 12.1 Å². The molecule has 2 rings (SSSR count). The number of methoxy groups -OCH3 is 3. The maximum atomic E-state index is 11.4. The molecular weight excluding hydrogens is 298 g/mol. The predicted molar refractivity (Wildman–Crippen MR) is 84.6 cm³/mol. The van der Waals surface area contributed by atoms with Crippen molar-refractivity contribution < 1.29 is 23.4 Å². The topological polar surface area (TPSA) is 83.9 Å². The van der Waals surface area contributed by atoms with Crippen molar-refractivity contribution in [2.45, 2.75) is 18.8 Å². The Morgan fingerprint density at radius 1 is 1.13 bits per heavy atom. The molecule has 1 aromatic heterocycles. The summed E-state index contributed by atoms with van der Waals surface area (Å²) in [5.41, 5.74) is 7.47. The van der Waals surface area contributed by atoms with E-state index in [9.17, 15) is 4.79 Å². The van der Waals surface area contributed by atoms with Gasteiger partial charge < -0.3 is 24.4 Å². The van der Waals surface area contributed by atoms with Crippen LogP contribution in [0.5, 0.6) is 0 Å². The third-order valence-corrected chi connectivity index (χ3v) is 3.50. The zero-order valence-electron chi connectivity index (χ0n) is 13.4. The molecule has 0 aliphatic heterocycles. The minimum atomic E-state index is -0.750. The summed E-state index contributed by atoms with van der Waals surface area (Å²) in [6, 6.07) is 10.5. The van der Waals surface area contributed by atoms with E-state index < -0.39 is 18.3 Å². The van der Waals surface area contributed by atoms with Crippen molar-refractivity contribution in [3.05, 3.63) is 47.7 Å². The molecule has 1 unspecified atom stereocenters. The zero-order valence-corrected chi connectivity index (χ0v) is 13.4. The molecule has 2 N–H and O–H groups in total. The molecule has 0 bridgehead atoms. The number of carbonyl (C=O) groups excluding carboxylic acids is 1. The molecule has 124 valence electrons. The summed E-state index contributed by atoms with van der Waals surface area (Å²) in [6.07, 6.45) is -0.218. The highest BCUT2D eigenvalue weighted by Crippen LogP contribution is 2.31. The fraction of sp³-hybridized carbons (Fsp3) is 0.353. The number of furan rings is 1. The first-order chi connectivity index (χ1) is 11.1. The molecular formula is C17H21NO5. The van der Waals surface area contributed by atoms with Crippen LogP contribution >= 0.6 is 0 Å². The Morgan fingerprint density at radius 3 is 2.48 bits per heavy atom. The predicted octanol–water partition coefficient (Wildman–Crippen LogP) is 2.28. The zero-order chi connectivity index (χ0) is 16.8. The van der Waals surface area contributed by atoms with Gasteiger partial charge in [-0.15, -0.1) is 0 Å². The van der Waals surface area contributed by atoms with Gasteiger partial charge in [0, 0.05) is 31.8 Å². The van der Waals surface area contributed by atoms with Crippen LogP contribution in [0, 0.1) is 0 Å². The van der Waals surface area contributed by atoms with Crippen LogP contribution in [0.1, 0.15) is 17.6 Å². The third-order valence-electron chi connectivity index (χ3n) is 3.50. The second-order valence-corrected chi connectivity index (χ2v) is 4.99. The van der Waals surface area contributed by atoms with Crippen LogP contribution < -0.4 is 5.73 Å². The number of benzene rings is 1. The average molecular weight is 319 g/mol. The molecule has 2 aromatic rings. The Bertz CT molecular complexity index is 648. The quantitative estimate of drug-likeness (QED) is 0.622. The molecule has 0 amide bonds. The minimum Gasteiger partial charge on any atom is -0.468 e. The summed E-state index contributed by atoms with van der Waals surface area (Å²) in [4.78, 5) is 11.4. The van der Waals surface area contributed by atoms with E-state index in [1.807, 2.05) is 30.3 Å². The van der Waals surface area contributed by atoms with Crippen molar-refractivity contribution >= 4 is 5.97 Å². The summed E-state index contributed by atoms with van der Waals surface area (Å²) in [5.74, 6) is 0.799. The van der Waals surface area contributed by atoms with Gasteiger partial charge in [-0.1, -0.05) is 24.3 Å². The monoisotopic (exact) mass is 319 g/mol. The lowest BCUT2D eigenvalue weighted by molar-refractivity contribution is -0.142. The van der Waals surface area contributed by atoms with Gasteiger partial charge in [-0.3, -0.25) is 4.79 Å². The normalized spacial score (nSPS) is 12.4. The smallest absolute Gasteiger partial charge is 0.323 e. The Labute approximate surface area is 135 Å². The van der Waals surface area contributed by atoms with Gasteiger partial charge >= 0.3 is 5.97 Å². The first-order valence-electron chi connectivity index (χ1n) is 7.17. The van der Waals surface area contributed by atoms with Crippen LogP contribution in [0.3, 0.4) is 0 Å². The molecule has 0 radical (unpaired) electrons. The second kappa shape index (κ2) is 7.92. The summed E-state index contributed by atoms with van der Waals surface area (Å²) in [6.45, 7) is 0. The molecule has 0 saturated heterocycles. The van der Waals surface area contributed by atoms with Crippen LogP contribution in [-0.2, 0) is 25.4 Å². The first kappa shape index (κ1) is 17.2. The molecule has 23 heavy (non-hydrogen) atoms. The summed E-state index contributed by atoms with van der Waals surface area (Å²) < 4.78 is 21.1. The van der Waals surface area contributed by atoms with Gasteiger partial charge in [-0.25, -0.2) is 0 Å². The minimum absolute atomic E-state index is 0.271. The second-order valence-electron chi connectivity index (χ2n) is 4.99. The van der Waals surface area contributed by atoms with E-state index in [4.69, 9.17) is 19.6 Å². The lowest BCUT2D eigenvalue weighted by atomic mass is 10.0. The van der Waals surface area contributed by atoms with Crippen molar-refractivity contribution in [1.82, 2.24) is 0 Å². The molecule has 6 nitrogen and oxygen atoms in total. The Balaban J connectivity index is 2.26.